The van der Waals surface area contributed by atoms with Gasteiger partial charge in [0.15, 0.2) is 0 Å². The molecule has 0 heterocycles. The monoisotopic (exact) mass is 432 g/mol. The van der Waals surface area contributed by atoms with E-state index in [2.05, 4.69) is 19.6 Å². The Labute approximate surface area is 184 Å². The second-order valence-corrected chi connectivity index (χ2v) is 13.5. The largest absolute Gasteiger partial charge is 0.465 e. The Morgan fingerprint density at radius 2 is 1.10 bits per heavy atom. The first-order valence-electron chi connectivity index (χ1n) is 10.2. The molecule has 0 saturated carbocycles. The molecular weight excluding hydrogens is 404 g/mol. The summed E-state index contributed by atoms with van der Waals surface area (Å²) in [6.07, 6.45) is 0. The van der Waals surface area contributed by atoms with Gasteiger partial charge >= 0.3 is 11.9 Å². The summed E-state index contributed by atoms with van der Waals surface area (Å²) < 4.78 is 10.4. The number of benzene rings is 3. The summed E-state index contributed by atoms with van der Waals surface area (Å²) in [6.45, 7) is 8.54. The van der Waals surface area contributed by atoms with E-state index in [0.717, 1.165) is 27.4 Å². The zero-order valence-electron chi connectivity index (χ0n) is 18.9. The summed E-state index contributed by atoms with van der Waals surface area (Å²) in [6, 6.07) is 19.6. The van der Waals surface area contributed by atoms with Gasteiger partial charge in [-0.3, -0.25) is 0 Å². The van der Waals surface area contributed by atoms with Gasteiger partial charge < -0.3 is 9.47 Å². The number of esters is 2. The Hall–Kier alpha value is -3.18. The molecule has 0 spiro atoms. The van der Waals surface area contributed by atoms with Gasteiger partial charge in [0.2, 0.25) is 0 Å². The minimum absolute atomic E-state index is 0.266. The molecule has 4 nitrogen and oxygen atoms in total. The molecule has 0 aliphatic carbocycles. The van der Waals surface area contributed by atoms with E-state index in [-0.39, 0.29) is 5.56 Å². The molecule has 3 aromatic carbocycles. The van der Waals surface area contributed by atoms with Crippen LogP contribution in [0.3, 0.4) is 0 Å². The molecule has 5 heteroatoms. The van der Waals surface area contributed by atoms with Crippen LogP contribution in [0.5, 0.6) is 0 Å². The molecule has 3 aromatic rings. The fourth-order valence-electron chi connectivity index (χ4n) is 4.28. The molecule has 0 amide bonds. The third-order valence-corrected chi connectivity index (χ3v) is 7.53. The predicted octanol–water partition coefficient (Wildman–Crippen LogP) is 5.45. The van der Waals surface area contributed by atoms with Gasteiger partial charge in [0, 0.05) is 5.56 Å². The Morgan fingerprint density at radius 1 is 0.677 bits per heavy atom. The van der Waals surface area contributed by atoms with Gasteiger partial charge in [-0.05, 0) is 34.4 Å². The van der Waals surface area contributed by atoms with Gasteiger partial charge in [0.05, 0.1) is 33.4 Å². The lowest BCUT2D eigenvalue weighted by Crippen LogP contribution is -2.45. The molecule has 0 bridgehead atoms. The van der Waals surface area contributed by atoms with Crippen molar-refractivity contribution in [3.8, 4) is 22.3 Å². The average Bonchev–Trinajstić information content (AvgIpc) is 2.77. The maximum absolute atomic E-state index is 13.2. The van der Waals surface area contributed by atoms with Crippen LogP contribution in [0.4, 0.5) is 0 Å². The van der Waals surface area contributed by atoms with Crippen molar-refractivity contribution in [3.63, 3.8) is 0 Å². The van der Waals surface area contributed by atoms with Crippen molar-refractivity contribution in [3.05, 3.63) is 77.4 Å². The molecule has 0 radical (unpaired) electrons. The highest BCUT2D eigenvalue weighted by atomic mass is 28.3. The number of hydrogen-bond donors (Lipinski definition) is 0. The first-order valence-corrected chi connectivity index (χ1v) is 13.7. The number of methoxy groups -OCH3 is 2. The van der Waals surface area contributed by atoms with E-state index in [0.29, 0.717) is 11.1 Å². The first-order chi connectivity index (χ1) is 14.7. The molecule has 0 atom stereocenters. The van der Waals surface area contributed by atoms with Crippen LogP contribution in [0.25, 0.3) is 22.3 Å². The van der Waals surface area contributed by atoms with Crippen molar-refractivity contribution < 1.29 is 19.1 Å². The first kappa shape index (κ1) is 22.5. The van der Waals surface area contributed by atoms with Crippen LogP contribution in [0.1, 0.15) is 26.3 Å². The highest BCUT2D eigenvalue weighted by molar-refractivity contribution is 6.90. The Bertz CT molecular complexity index is 1110. The van der Waals surface area contributed by atoms with Crippen LogP contribution in [0.2, 0.25) is 19.6 Å². The third kappa shape index (κ3) is 4.19. The molecule has 0 fully saturated rings. The fraction of sp³-hybridized carbons (Fsp3) is 0.231. The highest BCUT2D eigenvalue weighted by Crippen LogP contribution is 2.40. The van der Waals surface area contributed by atoms with Crippen molar-refractivity contribution in [2.24, 2.45) is 0 Å². The molecule has 0 aliphatic heterocycles. The van der Waals surface area contributed by atoms with Crippen LogP contribution >= 0.6 is 0 Å². The molecule has 0 saturated heterocycles. The van der Waals surface area contributed by atoms with Crippen LogP contribution in [0, 0.1) is 6.92 Å². The van der Waals surface area contributed by atoms with Gasteiger partial charge in [-0.15, -0.1) is 0 Å². The van der Waals surface area contributed by atoms with E-state index in [1.165, 1.54) is 14.2 Å². The third-order valence-electron chi connectivity index (χ3n) is 5.40. The molecule has 0 aliphatic rings. The maximum Gasteiger partial charge on any atom is 0.339 e. The standard InChI is InChI=1S/C26H28O4Si/c1-17-20(18-13-9-7-10-14-18)21(19-15-11-8-12-16-19)22(25(27)29-2)23(26(28)30-3)24(17)31(4,5)6/h7-16H,1-6H3. The second-order valence-electron chi connectivity index (χ2n) is 8.47. The van der Waals surface area contributed by atoms with Crippen molar-refractivity contribution >= 4 is 25.2 Å². The zero-order chi connectivity index (χ0) is 22.8. The summed E-state index contributed by atoms with van der Waals surface area (Å²) in [7, 11) is 0.601. The number of rotatable bonds is 5. The number of carbonyl (C=O) groups excluding carboxylic acids is 2. The molecule has 160 valence electrons. The van der Waals surface area contributed by atoms with Crippen LogP contribution < -0.4 is 5.19 Å². The van der Waals surface area contributed by atoms with Gasteiger partial charge in [0.1, 0.15) is 0 Å². The van der Waals surface area contributed by atoms with Crippen LogP contribution in [0.15, 0.2) is 60.7 Å². The van der Waals surface area contributed by atoms with Crippen LogP contribution in [-0.2, 0) is 9.47 Å². The topological polar surface area (TPSA) is 52.6 Å². The lowest BCUT2D eigenvalue weighted by molar-refractivity contribution is 0.0557. The summed E-state index contributed by atoms with van der Waals surface area (Å²) in [5.41, 5.74) is 5.05. The summed E-state index contributed by atoms with van der Waals surface area (Å²) in [4.78, 5) is 26.3. The lowest BCUT2D eigenvalue weighted by Gasteiger charge is -2.29. The van der Waals surface area contributed by atoms with E-state index in [4.69, 9.17) is 9.47 Å². The Morgan fingerprint density at radius 3 is 1.52 bits per heavy atom. The minimum atomic E-state index is -2.09. The molecule has 3 rings (SSSR count). The van der Waals surface area contributed by atoms with Crippen molar-refractivity contribution in [1.82, 2.24) is 0 Å². The van der Waals surface area contributed by atoms with Crippen molar-refractivity contribution in [2.75, 3.05) is 14.2 Å². The number of ether oxygens (including phenoxy) is 2. The summed E-state index contributed by atoms with van der Waals surface area (Å²) in [5.74, 6) is -1.06. The predicted molar refractivity (Wildman–Crippen MR) is 128 cm³/mol. The highest BCUT2D eigenvalue weighted by Gasteiger charge is 2.36. The lowest BCUT2D eigenvalue weighted by atomic mass is 9.84. The van der Waals surface area contributed by atoms with Gasteiger partial charge in [-0.2, -0.15) is 0 Å². The average molecular weight is 433 g/mol. The second kappa shape index (κ2) is 8.90. The summed E-state index contributed by atoms with van der Waals surface area (Å²) in [5, 5.41) is 0.915. The molecular formula is C26H28O4Si. The van der Waals surface area contributed by atoms with Crippen LogP contribution in [-0.4, -0.2) is 34.2 Å². The fourth-order valence-corrected chi connectivity index (χ4v) is 6.51. The van der Waals surface area contributed by atoms with Gasteiger partial charge in [0.25, 0.3) is 0 Å². The SMILES string of the molecule is COC(=O)c1c(C(=O)OC)c([Si](C)(C)C)c(C)c(-c2ccccc2)c1-c1ccccc1. The van der Waals surface area contributed by atoms with Gasteiger partial charge in [-0.25, -0.2) is 9.59 Å². The smallest absolute Gasteiger partial charge is 0.339 e. The molecule has 0 aromatic heterocycles. The summed E-state index contributed by atoms with van der Waals surface area (Å²) >= 11 is 0. The van der Waals surface area contributed by atoms with Crippen molar-refractivity contribution in [1.29, 1.82) is 0 Å². The normalized spacial score (nSPS) is 11.2. The maximum atomic E-state index is 13.2. The Kier molecular flexibility index (Phi) is 6.46. The van der Waals surface area contributed by atoms with E-state index in [9.17, 15) is 9.59 Å². The Balaban J connectivity index is 2.66. The van der Waals surface area contributed by atoms with E-state index in [1.807, 2.05) is 67.6 Å². The number of carbonyl (C=O) groups is 2. The van der Waals surface area contributed by atoms with E-state index >= 15 is 0 Å². The van der Waals surface area contributed by atoms with E-state index < -0.39 is 20.0 Å². The van der Waals surface area contributed by atoms with Gasteiger partial charge in [-0.1, -0.05) is 80.3 Å². The zero-order valence-corrected chi connectivity index (χ0v) is 19.9. The molecule has 31 heavy (non-hydrogen) atoms. The minimum Gasteiger partial charge on any atom is -0.465 e. The molecule has 0 N–H and O–H groups in total. The van der Waals surface area contributed by atoms with Crippen molar-refractivity contribution in [2.45, 2.75) is 26.6 Å². The van der Waals surface area contributed by atoms with E-state index in [1.54, 1.807) is 0 Å². The molecule has 0 unspecified atom stereocenters. The number of hydrogen-bond acceptors (Lipinski definition) is 4. The quantitative estimate of drug-likeness (QED) is 0.397.